The molecule has 0 aromatic carbocycles. The maximum absolute atomic E-state index is 12.3. The normalized spacial score (nSPS) is 35.9. The maximum Gasteiger partial charge on any atom is 0.356 e. The number of rotatable bonds is 1. The van der Waals surface area contributed by atoms with E-state index < -0.39 is 16.9 Å². The average Bonchev–Trinajstić information content (AvgIpc) is 2.14. The zero-order valence-electron chi connectivity index (χ0n) is 10.6. The van der Waals surface area contributed by atoms with Crippen LogP contribution in [0.1, 0.15) is 34.1 Å². The number of carbonyl (C=O) groups is 1. The SMILES string of the molecule is [C-]#[N+]C1(C(C)(C)O)C(=O)N2[C@@H]1CCOC2(C)C. The molecule has 0 aliphatic carbocycles. The topological polar surface area (TPSA) is 54.1 Å². The monoisotopic (exact) mass is 238 g/mol. The second-order valence-corrected chi connectivity index (χ2v) is 5.71. The van der Waals surface area contributed by atoms with Gasteiger partial charge in [-0.1, -0.05) is 0 Å². The number of fused-ring (bicyclic) bond motifs is 1. The van der Waals surface area contributed by atoms with Gasteiger partial charge in [-0.05, 0) is 34.1 Å². The van der Waals surface area contributed by atoms with Crippen molar-refractivity contribution in [1.29, 1.82) is 0 Å². The minimum Gasteiger partial charge on any atom is -0.381 e. The van der Waals surface area contributed by atoms with Crippen LogP contribution in [-0.4, -0.2) is 45.4 Å². The van der Waals surface area contributed by atoms with Gasteiger partial charge in [0.05, 0.1) is 6.61 Å². The second-order valence-electron chi connectivity index (χ2n) is 5.71. The zero-order chi connectivity index (χ0) is 13.1. The summed E-state index contributed by atoms with van der Waals surface area (Å²) in [6.07, 6.45) is 0.599. The molecule has 2 aliphatic rings. The third-order valence-corrected chi connectivity index (χ3v) is 3.87. The molecule has 17 heavy (non-hydrogen) atoms. The lowest BCUT2D eigenvalue weighted by atomic mass is 9.66. The van der Waals surface area contributed by atoms with Crippen LogP contribution in [0.5, 0.6) is 0 Å². The predicted molar refractivity (Wildman–Crippen MR) is 60.9 cm³/mol. The Balaban J connectivity index is 2.43. The molecule has 0 spiro atoms. The molecule has 0 aromatic heterocycles. The molecule has 5 heteroatoms. The van der Waals surface area contributed by atoms with Crippen LogP contribution in [0.25, 0.3) is 4.85 Å². The Hall–Kier alpha value is -1.12. The molecule has 5 nitrogen and oxygen atoms in total. The highest BCUT2D eigenvalue weighted by Crippen LogP contribution is 2.49. The van der Waals surface area contributed by atoms with Gasteiger partial charge in [0.15, 0.2) is 0 Å². The highest BCUT2D eigenvalue weighted by molar-refractivity contribution is 5.98. The molecule has 0 bridgehead atoms. The Bertz CT molecular complexity index is 405. The van der Waals surface area contributed by atoms with Crippen molar-refractivity contribution in [2.45, 2.75) is 57.0 Å². The number of β-lactam (4-membered cyclic amide) rings is 1. The molecular formula is C12H18N2O3. The summed E-state index contributed by atoms with van der Waals surface area (Å²) in [5.41, 5.74) is -3.35. The minimum atomic E-state index is -1.34. The fourth-order valence-corrected chi connectivity index (χ4v) is 2.96. The van der Waals surface area contributed by atoms with Crippen molar-refractivity contribution in [1.82, 2.24) is 4.90 Å². The summed E-state index contributed by atoms with van der Waals surface area (Å²) in [6, 6.07) is -0.253. The van der Waals surface area contributed by atoms with Gasteiger partial charge in [0, 0.05) is 0 Å². The molecule has 2 saturated heterocycles. The zero-order valence-corrected chi connectivity index (χ0v) is 10.6. The molecule has 2 heterocycles. The van der Waals surface area contributed by atoms with Gasteiger partial charge < -0.3 is 9.84 Å². The fourth-order valence-electron chi connectivity index (χ4n) is 2.96. The van der Waals surface area contributed by atoms with Crippen molar-refractivity contribution < 1.29 is 14.6 Å². The Morgan fingerprint density at radius 2 is 2.18 bits per heavy atom. The Kier molecular flexibility index (Phi) is 2.33. The summed E-state index contributed by atoms with van der Waals surface area (Å²) < 4.78 is 5.54. The first-order chi connectivity index (χ1) is 7.68. The lowest BCUT2D eigenvalue weighted by Gasteiger charge is -2.59. The second kappa shape index (κ2) is 3.21. The van der Waals surface area contributed by atoms with Crippen LogP contribution in [-0.2, 0) is 9.53 Å². The van der Waals surface area contributed by atoms with Gasteiger partial charge in [-0.3, -0.25) is 14.5 Å². The quantitative estimate of drug-likeness (QED) is 0.542. The molecule has 1 N–H and O–H groups in total. The molecule has 94 valence electrons. The summed E-state index contributed by atoms with van der Waals surface area (Å²) in [5, 5.41) is 10.2. The van der Waals surface area contributed by atoms with Crippen LogP contribution in [0.3, 0.4) is 0 Å². The van der Waals surface area contributed by atoms with Gasteiger partial charge in [0.25, 0.3) is 0 Å². The van der Waals surface area contributed by atoms with E-state index in [1.165, 1.54) is 13.8 Å². The Labute approximate surface area is 101 Å². The van der Waals surface area contributed by atoms with E-state index in [1.807, 2.05) is 13.8 Å². The summed E-state index contributed by atoms with van der Waals surface area (Å²) in [6.45, 7) is 14.5. The average molecular weight is 238 g/mol. The van der Waals surface area contributed by atoms with E-state index in [9.17, 15) is 9.90 Å². The van der Waals surface area contributed by atoms with Gasteiger partial charge >= 0.3 is 11.4 Å². The van der Waals surface area contributed by atoms with E-state index in [-0.39, 0.29) is 11.9 Å². The molecule has 0 saturated carbocycles. The van der Waals surface area contributed by atoms with Gasteiger partial charge in [0.1, 0.15) is 17.4 Å². The fraction of sp³-hybridized carbons (Fsp3) is 0.833. The number of amides is 1. The molecule has 1 amide bonds. The van der Waals surface area contributed by atoms with Crippen LogP contribution < -0.4 is 0 Å². The summed E-state index contributed by atoms with van der Waals surface area (Å²) in [5.74, 6) is -0.324. The van der Waals surface area contributed by atoms with Crippen LogP contribution in [0.15, 0.2) is 0 Å². The highest BCUT2D eigenvalue weighted by atomic mass is 16.5. The third-order valence-electron chi connectivity index (χ3n) is 3.87. The first kappa shape index (κ1) is 12.3. The minimum absolute atomic E-state index is 0.253. The van der Waals surface area contributed by atoms with E-state index in [0.29, 0.717) is 13.0 Å². The van der Waals surface area contributed by atoms with Crippen molar-refractivity contribution in [3.63, 3.8) is 0 Å². The van der Waals surface area contributed by atoms with E-state index in [4.69, 9.17) is 11.3 Å². The van der Waals surface area contributed by atoms with Gasteiger partial charge in [-0.2, -0.15) is 0 Å². The number of hydrogen-bond acceptors (Lipinski definition) is 3. The van der Waals surface area contributed by atoms with Crippen LogP contribution in [0.4, 0.5) is 0 Å². The first-order valence-electron chi connectivity index (χ1n) is 5.77. The van der Waals surface area contributed by atoms with Crippen molar-refractivity contribution >= 4 is 5.91 Å². The number of carbonyl (C=O) groups excluding carboxylic acids is 1. The molecule has 2 rings (SSSR count). The largest absolute Gasteiger partial charge is 0.381 e. The lowest BCUT2D eigenvalue weighted by Crippen LogP contribution is -2.84. The van der Waals surface area contributed by atoms with Crippen LogP contribution >= 0.6 is 0 Å². The Morgan fingerprint density at radius 1 is 1.59 bits per heavy atom. The third kappa shape index (κ3) is 1.28. The highest BCUT2D eigenvalue weighted by Gasteiger charge is 2.77. The summed E-state index contributed by atoms with van der Waals surface area (Å²) in [4.78, 5) is 17.4. The molecular weight excluding hydrogens is 220 g/mol. The molecule has 1 unspecified atom stereocenters. The number of ether oxygens (including phenoxy) is 1. The molecule has 2 atom stereocenters. The lowest BCUT2D eigenvalue weighted by molar-refractivity contribution is -0.247. The van der Waals surface area contributed by atoms with E-state index in [2.05, 4.69) is 4.85 Å². The van der Waals surface area contributed by atoms with Crippen molar-refractivity contribution in [2.24, 2.45) is 0 Å². The predicted octanol–water partition coefficient (Wildman–Crippen LogP) is 0.783. The molecule has 0 radical (unpaired) electrons. The van der Waals surface area contributed by atoms with Crippen LogP contribution in [0.2, 0.25) is 0 Å². The first-order valence-corrected chi connectivity index (χ1v) is 5.77. The summed E-state index contributed by atoms with van der Waals surface area (Å²) >= 11 is 0. The van der Waals surface area contributed by atoms with Gasteiger partial charge in [0.2, 0.25) is 0 Å². The van der Waals surface area contributed by atoms with Crippen molar-refractivity contribution in [3.8, 4) is 0 Å². The number of aliphatic hydroxyl groups is 1. The number of hydrogen-bond donors (Lipinski definition) is 1. The molecule has 0 aromatic rings. The molecule has 2 aliphatic heterocycles. The van der Waals surface area contributed by atoms with Crippen molar-refractivity contribution in [3.05, 3.63) is 11.4 Å². The smallest absolute Gasteiger partial charge is 0.356 e. The van der Waals surface area contributed by atoms with E-state index in [0.717, 1.165) is 0 Å². The van der Waals surface area contributed by atoms with Crippen LogP contribution in [0, 0.1) is 6.57 Å². The number of nitrogens with zero attached hydrogens (tertiary/aromatic N) is 2. The maximum atomic E-state index is 12.3. The Morgan fingerprint density at radius 3 is 2.65 bits per heavy atom. The van der Waals surface area contributed by atoms with Crippen molar-refractivity contribution in [2.75, 3.05) is 6.61 Å². The van der Waals surface area contributed by atoms with Gasteiger partial charge in [-0.25, -0.2) is 6.57 Å². The standard InChI is InChI=1S/C12H18N2O3/c1-10(2,16)12(13-5)8-6-7-17-11(3,4)14(8)9(12)15/h8,16H,6-7H2,1-4H3/t8-,12?/m1/s1. The van der Waals surface area contributed by atoms with E-state index >= 15 is 0 Å². The molecule has 2 fully saturated rings. The summed E-state index contributed by atoms with van der Waals surface area (Å²) in [7, 11) is 0. The van der Waals surface area contributed by atoms with E-state index in [1.54, 1.807) is 4.90 Å². The van der Waals surface area contributed by atoms with Gasteiger partial charge in [-0.15, -0.1) is 0 Å².